The molecule has 0 fully saturated rings. The van der Waals surface area contributed by atoms with E-state index in [4.69, 9.17) is 19.4 Å². The number of nitrogens with zero attached hydrogens (tertiary/aromatic N) is 3. The lowest BCUT2D eigenvalue weighted by molar-refractivity contribution is 0.577. The Balaban J connectivity index is 1.22. The normalized spacial score (nSPS) is 20.3. The number of benzene rings is 3. The van der Waals surface area contributed by atoms with Gasteiger partial charge in [-0.1, -0.05) is 129 Å². The minimum atomic E-state index is 0.0199. The lowest BCUT2D eigenvalue weighted by atomic mass is 9.75. The molecule has 49 heavy (non-hydrogen) atoms. The molecule has 4 nitrogen and oxygen atoms in total. The second kappa shape index (κ2) is 12.6. The fraction of sp³-hybridized carbons (Fsp3) is 0.222. The van der Waals surface area contributed by atoms with Crippen molar-refractivity contribution < 1.29 is 4.42 Å². The smallest absolute Gasteiger partial charge is 0.164 e. The average Bonchev–Trinajstić information content (AvgIpc) is 3.46. The standard InChI is InChI=1S/C45H41N3O/c1-5-11-36-30(3)49-40-17-10-16-38(41(36)40)44-47-42(46-43(48-44)37-15-9-12-33-19-18-29(2)28-39(33)37)34-22-20-31(21-23-34)32-24-26-45(4,27-25-32)35-13-7-6-8-14-35/h5-20,22,24-26,29H,21,23,27-28H2,1-4H3/b11-5-. The van der Waals surface area contributed by atoms with Crippen LogP contribution in [0.25, 0.3) is 51.5 Å². The second-order valence-electron chi connectivity index (χ2n) is 13.8. The molecule has 3 aromatic carbocycles. The van der Waals surface area contributed by atoms with Gasteiger partial charge in [0.1, 0.15) is 11.3 Å². The Morgan fingerprint density at radius 3 is 2.31 bits per heavy atom. The van der Waals surface area contributed by atoms with Crippen LogP contribution in [-0.2, 0) is 11.8 Å². The van der Waals surface area contributed by atoms with Gasteiger partial charge >= 0.3 is 0 Å². The number of hydrogen-bond donors (Lipinski definition) is 0. The van der Waals surface area contributed by atoms with Crippen LogP contribution < -0.4 is 0 Å². The van der Waals surface area contributed by atoms with E-state index in [1.165, 1.54) is 27.8 Å². The van der Waals surface area contributed by atoms with Gasteiger partial charge in [0, 0.05) is 27.5 Å². The number of furan rings is 1. The highest BCUT2D eigenvalue weighted by Gasteiger charge is 2.27. The first kappa shape index (κ1) is 31.0. The van der Waals surface area contributed by atoms with Gasteiger partial charge < -0.3 is 4.42 Å². The Morgan fingerprint density at radius 1 is 0.816 bits per heavy atom. The number of hydrogen-bond acceptors (Lipinski definition) is 4. The number of rotatable bonds is 6. The molecular weight excluding hydrogens is 599 g/mol. The van der Waals surface area contributed by atoms with Crippen molar-refractivity contribution in [1.29, 1.82) is 0 Å². The molecule has 0 aliphatic heterocycles. The first-order valence-corrected chi connectivity index (χ1v) is 17.5. The van der Waals surface area contributed by atoms with Crippen molar-refractivity contribution >= 4 is 28.7 Å². The Kier molecular flexibility index (Phi) is 7.95. The maximum absolute atomic E-state index is 6.21. The summed E-state index contributed by atoms with van der Waals surface area (Å²) in [5.74, 6) is 3.47. The molecule has 0 N–H and O–H groups in total. The largest absolute Gasteiger partial charge is 0.461 e. The molecule has 2 unspecified atom stereocenters. The van der Waals surface area contributed by atoms with Crippen molar-refractivity contribution in [3.63, 3.8) is 0 Å². The molecule has 0 amide bonds. The van der Waals surface area contributed by atoms with E-state index in [9.17, 15) is 0 Å². The molecule has 8 rings (SSSR count). The summed E-state index contributed by atoms with van der Waals surface area (Å²) < 4.78 is 6.21. The third kappa shape index (κ3) is 5.76. The molecule has 4 heteroatoms. The summed E-state index contributed by atoms with van der Waals surface area (Å²) in [7, 11) is 0. The van der Waals surface area contributed by atoms with Gasteiger partial charge in [0.25, 0.3) is 0 Å². The zero-order valence-corrected chi connectivity index (χ0v) is 28.7. The van der Waals surface area contributed by atoms with Crippen LogP contribution in [0.2, 0.25) is 0 Å². The first-order valence-electron chi connectivity index (χ1n) is 17.5. The van der Waals surface area contributed by atoms with Gasteiger partial charge in [0.2, 0.25) is 0 Å². The first-order chi connectivity index (χ1) is 23.9. The van der Waals surface area contributed by atoms with E-state index in [1.807, 2.05) is 26.0 Å². The van der Waals surface area contributed by atoms with E-state index in [0.717, 1.165) is 76.3 Å². The predicted octanol–water partition coefficient (Wildman–Crippen LogP) is 11.4. The molecule has 0 spiro atoms. The van der Waals surface area contributed by atoms with Crippen LogP contribution in [0.4, 0.5) is 0 Å². The Labute approximate surface area is 289 Å². The fourth-order valence-corrected chi connectivity index (χ4v) is 7.53. The number of fused-ring (bicyclic) bond motifs is 2. The molecule has 0 saturated carbocycles. The Bertz CT molecular complexity index is 2280. The number of aromatic nitrogens is 3. The van der Waals surface area contributed by atoms with Crippen LogP contribution >= 0.6 is 0 Å². The molecule has 3 aliphatic rings. The lowest BCUT2D eigenvalue weighted by Crippen LogP contribution is -2.20. The Hall–Kier alpha value is -5.35. The van der Waals surface area contributed by atoms with Crippen molar-refractivity contribution in [2.75, 3.05) is 0 Å². The predicted molar refractivity (Wildman–Crippen MR) is 203 cm³/mol. The SMILES string of the molecule is C/C=C\c1c(C)oc2cccc(-c3nc(C4=CC=C(C5=CCC(C)(c6ccccc6)C=C5)CC4)nc(-c4cccc5c4CC(C)C=C5)n3)c12. The van der Waals surface area contributed by atoms with Crippen molar-refractivity contribution in [2.45, 2.75) is 58.8 Å². The van der Waals surface area contributed by atoms with Crippen LogP contribution in [0.5, 0.6) is 0 Å². The van der Waals surface area contributed by atoms with E-state index in [0.29, 0.717) is 11.7 Å². The van der Waals surface area contributed by atoms with Gasteiger partial charge in [-0.3, -0.25) is 0 Å². The monoisotopic (exact) mass is 639 g/mol. The minimum Gasteiger partial charge on any atom is -0.461 e. The van der Waals surface area contributed by atoms with E-state index in [2.05, 4.69) is 123 Å². The van der Waals surface area contributed by atoms with E-state index in [1.54, 1.807) is 0 Å². The molecule has 0 bridgehead atoms. The maximum atomic E-state index is 6.21. The summed E-state index contributed by atoms with van der Waals surface area (Å²) in [5.41, 5.74) is 11.7. The summed E-state index contributed by atoms with van der Waals surface area (Å²) in [5, 5.41) is 1.03. The topological polar surface area (TPSA) is 51.8 Å². The van der Waals surface area contributed by atoms with Crippen LogP contribution in [0.15, 0.2) is 125 Å². The summed E-state index contributed by atoms with van der Waals surface area (Å²) in [6, 6.07) is 23.4. The highest BCUT2D eigenvalue weighted by atomic mass is 16.3. The van der Waals surface area contributed by atoms with Crippen LogP contribution in [-0.4, -0.2) is 15.0 Å². The highest BCUT2D eigenvalue weighted by molar-refractivity contribution is 5.99. The number of aryl methyl sites for hydroxylation is 1. The summed E-state index contributed by atoms with van der Waals surface area (Å²) in [4.78, 5) is 15.6. The second-order valence-corrected chi connectivity index (χ2v) is 13.8. The average molecular weight is 640 g/mol. The van der Waals surface area contributed by atoms with Crippen LogP contribution in [0.3, 0.4) is 0 Å². The molecule has 5 aromatic rings. The summed E-state index contributed by atoms with van der Waals surface area (Å²) in [6.07, 6.45) is 24.0. The summed E-state index contributed by atoms with van der Waals surface area (Å²) in [6.45, 7) is 8.64. The van der Waals surface area contributed by atoms with E-state index < -0.39 is 0 Å². The van der Waals surface area contributed by atoms with Gasteiger partial charge in [-0.2, -0.15) is 0 Å². The van der Waals surface area contributed by atoms with E-state index >= 15 is 0 Å². The van der Waals surface area contributed by atoms with Gasteiger partial charge in [0.05, 0.1) is 0 Å². The maximum Gasteiger partial charge on any atom is 0.164 e. The summed E-state index contributed by atoms with van der Waals surface area (Å²) >= 11 is 0. The van der Waals surface area contributed by atoms with Gasteiger partial charge in [0.15, 0.2) is 17.5 Å². The molecule has 0 radical (unpaired) electrons. The molecule has 2 atom stereocenters. The van der Waals surface area contributed by atoms with Crippen molar-refractivity contribution in [1.82, 2.24) is 15.0 Å². The van der Waals surface area contributed by atoms with Crippen molar-refractivity contribution in [3.05, 3.63) is 154 Å². The third-order valence-electron chi connectivity index (χ3n) is 10.3. The van der Waals surface area contributed by atoms with Crippen LogP contribution in [0, 0.1) is 12.8 Å². The van der Waals surface area contributed by atoms with Gasteiger partial charge in [-0.25, -0.2) is 15.0 Å². The number of allylic oxidation sites excluding steroid dienone is 10. The van der Waals surface area contributed by atoms with Gasteiger partial charge in [-0.05, 0) is 84.9 Å². The molecule has 242 valence electrons. The fourth-order valence-electron chi connectivity index (χ4n) is 7.53. The van der Waals surface area contributed by atoms with Gasteiger partial charge in [-0.15, -0.1) is 0 Å². The molecule has 2 heterocycles. The highest BCUT2D eigenvalue weighted by Crippen LogP contribution is 2.40. The zero-order chi connectivity index (χ0) is 33.5. The van der Waals surface area contributed by atoms with Crippen LogP contribution in [0.1, 0.15) is 73.9 Å². The quantitative estimate of drug-likeness (QED) is 0.185. The third-order valence-corrected chi connectivity index (χ3v) is 10.3. The van der Waals surface area contributed by atoms with Crippen molar-refractivity contribution in [3.8, 4) is 22.8 Å². The molecule has 0 saturated heterocycles. The lowest BCUT2D eigenvalue weighted by Gasteiger charge is -2.29. The molecule has 3 aliphatic carbocycles. The minimum absolute atomic E-state index is 0.0199. The zero-order valence-electron chi connectivity index (χ0n) is 28.7. The Morgan fingerprint density at radius 2 is 1.55 bits per heavy atom. The van der Waals surface area contributed by atoms with E-state index in [-0.39, 0.29) is 5.41 Å². The van der Waals surface area contributed by atoms with Crippen molar-refractivity contribution in [2.24, 2.45) is 5.92 Å². The molecular formula is C45H41N3O. The molecule has 2 aromatic heterocycles.